The number of benzene rings is 2. The summed E-state index contributed by atoms with van der Waals surface area (Å²) in [6.45, 7) is 0. The van der Waals surface area contributed by atoms with Crippen LogP contribution in [-0.2, 0) is 17.6 Å². The second-order valence-corrected chi connectivity index (χ2v) is 6.98. The van der Waals surface area contributed by atoms with Crippen LogP contribution in [0.4, 0.5) is 5.69 Å². The number of pyridine rings is 1. The van der Waals surface area contributed by atoms with Crippen molar-refractivity contribution in [1.29, 1.82) is 0 Å². The maximum Gasteiger partial charge on any atom is 0.227 e. The molecule has 0 radical (unpaired) electrons. The molecule has 2 heterocycles. The number of aryl methyl sites for hydroxylation is 1. The number of aromatic nitrogens is 3. The molecule has 1 N–H and O–H groups in total. The van der Waals surface area contributed by atoms with Gasteiger partial charge in [0.05, 0.1) is 0 Å². The first-order chi connectivity index (χ1) is 14.3. The number of nitrogens with one attached hydrogen (secondary N) is 1. The summed E-state index contributed by atoms with van der Waals surface area (Å²) in [6, 6.07) is 20.0. The summed E-state index contributed by atoms with van der Waals surface area (Å²) in [7, 11) is 0. The predicted octanol–water partition coefficient (Wildman–Crippen LogP) is 4.27. The van der Waals surface area contributed by atoms with Crippen molar-refractivity contribution in [2.24, 2.45) is 0 Å². The fraction of sp³-hybridized carbons (Fsp3) is 0.130. The maximum absolute atomic E-state index is 12.4. The fourth-order valence-corrected chi connectivity index (χ4v) is 3.62. The number of fused-ring (bicyclic) bond motifs is 3. The van der Waals surface area contributed by atoms with Gasteiger partial charge >= 0.3 is 0 Å². The van der Waals surface area contributed by atoms with Gasteiger partial charge in [-0.05, 0) is 52.9 Å². The molecule has 0 spiro atoms. The van der Waals surface area contributed by atoms with Gasteiger partial charge < -0.3 is 9.84 Å². The molecule has 0 saturated heterocycles. The summed E-state index contributed by atoms with van der Waals surface area (Å²) in [5, 5.41) is 6.89. The molecule has 0 saturated carbocycles. The highest BCUT2D eigenvalue weighted by Crippen LogP contribution is 2.37. The first kappa shape index (κ1) is 17.3. The molecule has 0 bridgehead atoms. The Bertz CT molecular complexity index is 1180. The number of hydrogen-bond donors (Lipinski definition) is 1. The molecular formula is C23H18N4O2. The summed E-state index contributed by atoms with van der Waals surface area (Å²) in [6.07, 6.45) is 3.21. The van der Waals surface area contributed by atoms with Gasteiger partial charge in [-0.2, -0.15) is 4.98 Å². The number of rotatable bonds is 5. The zero-order valence-corrected chi connectivity index (χ0v) is 15.6. The first-order valence-electron chi connectivity index (χ1n) is 9.51. The van der Waals surface area contributed by atoms with Crippen molar-refractivity contribution in [3.05, 3.63) is 83.9 Å². The van der Waals surface area contributed by atoms with Crippen LogP contribution < -0.4 is 5.32 Å². The third kappa shape index (κ3) is 3.52. The highest BCUT2D eigenvalue weighted by atomic mass is 16.5. The van der Waals surface area contributed by atoms with Crippen LogP contribution in [0.1, 0.15) is 23.4 Å². The van der Waals surface area contributed by atoms with Crippen LogP contribution in [0.3, 0.4) is 0 Å². The van der Waals surface area contributed by atoms with Crippen LogP contribution in [0.25, 0.3) is 22.6 Å². The molecule has 6 nitrogen and oxygen atoms in total. The number of nitrogens with zero attached hydrogens (tertiary/aromatic N) is 3. The second kappa shape index (κ2) is 7.31. The maximum atomic E-state index is 12.4. The van der Waals surface area contributed by atoms with E-state index in [1.165, 1.54) is 22.3 Å². The van der Waals surface area contributed by atoms with Gasteiger partial charge in [-0.3, -0.25) is 9.78 Å². The highest BCUT2D eigenvalue weighted by Gasteiger charge is 2.18. The van der Waals surface area contributed by atoms with E-state index in [-0.39, 0.29) is 12.3 Å². The van der Waals surface area contributed by atoms with Crippen LogP contribution in [0, 0.1) is 0 Å². The Kier molecular flexibility index (Phi) is 4.37. The van der Waals surface area contributed by atoms with E-state index in [0.717, 1.165) is 12.1 Å². The van der Waals surface area contributed by atoms with E-state index in [9.17, 15) is 4.79 Å². The highest BCUT2D eigenvalue weighted by molar-refractivity contribution is 5.91. The van der Waals surface area contributed by atoms with Crippen molar-refractivity contribution >= 4 is 11.6 Å². The van der Waals surface area contributed by atoms with Crippen LogP contribution in [0.5, 0.6) is 0 Å². The summed E-state index contributed by atoms with van der Waals surface area (Å²) < 4.78 is 5.23. The largest absolute Gasteiger partial charge is 0.339 e. The molecule has 0 atom stereocenters. The lowest BCUT2D eigenvalue weighted by Crippen LogP contribution is -2.12. The van der Waals surface area contributed by atoms with Gasteiger partial charge in [-0.25, -0.2) is 0 Å². The zero-order chi connectivity index (χ0) is 19.6. The van der Waals surface area contributed by atoms with Crippen LogP contribution in [0.2, 0.25) is 0 Å². The van der Waals surface area contributed by atoms with E-state index in [4.69, 9.17) is 4.52 Å². The summed E-state index contributed by atoms with van der Waals surface area (Å²) in [4.78, 5) is 20.9. The van der Waals surface area contributed by atoms with Crippen molar-refractivity contribution in [3.8, 4) is 22.6 Å². The minimum Gasteiger partial charge on any atom is -0.339 e. The molecule has 0 aliphatic heterocycles. The Morgan fingerprint density at radius 1 is 1.00 bits per heavy atom. The third-order valence-corrected chi connectivity index (χ3v) is 5.01. The minimum atomic E-state index is -0.0851. The van der Waals surface area contributed by atoms with Crippen molar-refractivity contribution < 1.29 is 9.32 Å². The molecule has 2 aromatic carbocycles. The van der Waals surface area contributed by atoms with Gasteiger partial charge in [0.2, 0.25) is 17.6 Å². The van der Waals surface area contributed by atoms with E-state index in [2.05, 4.69) is 56.8 Å². The smallest absolute Gasteiger partial charge is 0.227 e. The molecule has 4 aromatic rings. The first-order valence-corrected chi connectivity index (χ1v) is 9.51. The van der Waals surface area contributed by atoms with Gasteiger partial charge in [0.25, 0.3) is 0 Å². The SMILES string of the molecule is O=C(CCc1nc(-c2ccccn2)no1)Nc1ccc2c(c1)Cc1ccccc1-2. The topological polar surface area (TPSA) is 80.9 Å². The van der Waals surface area contributed by atoms with Gasteiger partial charge in [0, 0.05) is 24.7 Å². The van der Waals surface area contributed by atoms with Gasteiger partial charge in [0.1, 0.15) is 5.69 Å². The molecule has 1 amide bonds. The Labute approximate surface area is 167 Å². The molecular weight excluding hydrogens is 364 g/mol. The van der Waals surface area contributed by atoms with E-state index < -0.39 is 0 Å². The molecule has 2 aromatic heterocycles. The van der Waals surface area contributed by atoms with Crippen molar-refractivity contribution in [3.63, 3.8) is 0 Å². The lowest BCUT2D eigenvalue weighted by molar-refractivity contribution is -0.116. The average Bonchev–Trinajstić information content (AvgIpc) is 3.37. The predicted molar refractivity (Wildman–Crippen MR) is 109 cm³/mol. The van der Waals surface area contributed by atoms with E-state index in [1.54, 1.807) is 6.20 Å². The van der Waals surface area contributed by atoms with E-state index >= 15 is 0 Å². The van der Waals surface area contributed by atoms with Gasteiger partial charge in [0.15, 0.2) is 0 Å². The zero-order valence-electron chi connectivity index (χ0n) is 15.6. The van der Waals surface area contributed by atoms with Gasteiger partial charge in [-0.1, -0.05) is 41.6 Å². The lowest BCUT2D eigenvalue weighted by Gasteiger charge is -2.07. The molecule has 142 valence electrons. The normalized spacial score (nSPS) is 11.7. The Balaban J connectivity index is 1.21. The van der Waals surface area contributed by atoms with Crippen LogP contribution >= 0.6 is 0 Å². The third-order valence-electron chi connectivity index (χ3n) is 5.01. The van der Waals surface area contributed by atoms with Crippen molar-refractivity contribution in [2.75, 3.05) is 5.32 Å². The van der Waals surface area contributed by atoms with Crippen LogP contribution in [0.15, 0.2) is 71.4 Å². The second-order valence-electron chi connectivity index (χ2n) is 6.98. The average molecular weight is 382 g/mol. The van der Waals surface area contributed by atoms with E-state index in [1.807, 2.05) is 24.3 Å². The molecule has 1 aliphatic carbocycles. The monoisotopic (exact) mass is 382 g/mol. The molecule has 1 aliphatic rings. The molecule has 5 rings (SSSR count). The number of carbonyl (C=O) groups excluding carboxylic acids is 1. The van der Waals surface area contributed by atoms with Gasteiger partial charge in [-0.15, -0.1) is 0 Å². The molecule has 6 heteroatoms. The van der Waals surface area contributed by atoms with E-state index in [0.29, 0.717) is 23.8 Å². The minimum absolute atomic E-state index is 0.0851. The summed E-state index contributed by atoms with van der Waals surface area (Å²) >= 11 is 0. The quantitative estimate of drug-likeness (QED) is 0.491. The fourth-order valence-electron chi connectivity index (χ4n) is 3.62. The van der Waals surface area contributed by atoms with Crippen molar-refractivity contribution in [2.45, 2.75) is 19.3 Å². The molecule has 0 unspecified atom stereocenters. The molecule has 0 fully saturated rings. The number of carbonyl (C=O) groups is 1. The summed E-state index contributed by atoms with van der Waals surface area (Å²) in [5.41, 5.74) is 6.53. The number of anilines is 1. The summed E-state index contributed by atoms with van der Waals surface area (Å²) in [5.74, 6) is 0.766. The Morgan fingerprint density at radius 3 is 2.76 bits per heavy atom. The number of amides is 1. The van der Waals surface area contributed by atoms with Crippen molar-refractivity contribution in [1.82, 2.24) is 15.1 Å². The lowest BCUT2D eigenvalue weighted by atomic mass is 10.1. The number of hydrogen-bond acceptors (Lipinski definition) is 5. The Hall–Kier alpha value is -3.80. The van der Waals surface area contributed by atoms with Crippen LogP contribution in [-0.4, -0.2) is 21.0 Å². The standard InChI is InChI=1S/C23H18N4O2/c28-21(10-11-22-26-23(27-29-22)20-7-3-4-12-24-20)25-17-8-9-19-16(14-17)13-15-5-1-2-6-18(15)19/h1-9,12,14H,10-11,13H2,(H,25,28). The Morgan fingerprint density at radius 2 is 1.86 bits per heavy atom. The molecule has 29 heavy (non-hydrogen) atoms.